The van der Waals surface area contributed by atoms with Gasteiger partial charge in [0.25, 0.3) is 0 Å². The van der Waals surface area contributed by atoms with Crippen LogP contribution in [0.1, 0.15) is 48.9 Å². The first-order chi connectivity index (χ1) is 9.54. The second-order valence-corrected chi connectivity index (χ2v) is 4.90. The van der Waals surface area contributed by atoms with Crippen LogP contribution >= 0.6 is 0 Å². The first kappa shape index (κ1) is 16.0. The van der Waals surface area contributed by atoms with E-state index in [-0.39, 0.29) is 6.42 Å². The molecule has 20 heavy (non-hydrogen) atoms. The van der Waals surface area contributed by atoms with Crippen LogP contribution in [0.4, 0.5) is 5.82 Å². The maximum Gasteiger partial charge on any atom is 0.303 e. The summed E-state index contributed by atoms with van der Waals surface area (Å²) in [5, 5.41) is 20.8. The number of nitriles is 1. The summed E-state index contributed by atoms with van der Waals surface area (Å²) in [7, 11) is 0. The minimum absolute atomic E-state index is 0.241. The lowest BCUT2D eigenvalue weighted by Gasteiger charge is -2.10. The molecule has 0 atom stereocenters. The minimum Gasteiger partial charge on any atom is -0.481 e. The first-order valence-electron chi connectivity index (χ1n) is 6.88. The van der Waals surface area contributed by atoms with E-state index in [0.717, 1.165) is 43.5 Å². The number of anilines is 1. The van der Waals surface area contributed by atoms with Gasteiger partial charge in [-0.1, -0.05) is 12.8 Å². The number of carboxylic acids is 1. The zero-order chi connectivity index (χ0) is 15.0. The molecule has 0 aromatic carbocycles. The third kappa shape index (κ3) is 5.27. The van der Waals surface area contributed by atoms with Gasteiger partial charge < -0.3 is 10.4 Å². The Kier molecular flexibility index (Phi) is 6.51. The molecule has 0 saturated heterocycles. The number of aliphatic carboxylic acids is 1. The standard InChI is InChI=1S/C15H21N3O2/c1-11-9-12(2)18-15(13(11)10-16)17-8-6-4-3-5-7-14(19)20/h9H,3-8H2,1-2H3,(H,17,18)(H,19,20). The van der Waals surface area contributed by atoms with Crippen molar-refractivity contribution in [3.63, 3.8) is 0 Å². The molecule has 5 nitrogen and oxygen atoms in total. The molecular formula is C15H21N3O2. The summed E-state index contributed by atoms with van der Waals surface area (Å²) in [6.45, 7) is 4.56. The van der Waals surface area contributed by atoms with Crippen LogP contribution in [0.3, 0.4) is 0 Å². The van der Waals surface area contributed by atoms with Gasteiger partial charge in [-0.25, -0.2) is 4.98 Å². The molecule has 1 aromatic heterocycles. The zero-order valence-electron chi connectivity index (χ0n) is 12.1. The van der Waals surface area contributed by atoms with Crippen LogP contribution in [0.2, 0.25) is 0 Å². The maximum absolute atomic E-state index is 10.4. The molecule has 1 aromatic rings. The first-order valence-corrected chi connectivity index (χ1v) is 6.88. The molecule has 2 N–H and O–H groups in total. The van der Waals surface area contributed by atoms with E-state index in [0.29, 0.717) is 11.4 Å². The third-order valence-corrected chi connectivity index (χ3v) is 3.07. The number of hydrogen-bond donors (Lipinski definition) is 2. The van der Waals surface area contributed by atoms with Crippen molar-refractivity contribution >= 4 is 11.8 Å². The second kappa shape index (κ2) is 8.16. The quantitative estimate of drug-likeness (QED) is 0.712. The number of carbonyl (C=O) groups is 1. The van der Waals surface area contributed by atoms with Gasteiger partial charge in [0.2, 0.25) is 0 Å². The Hall–Kier alpha value is -2.09. The van der Waals surface area contributed by atoms with Crippen LogP contribution in [-0.4, -0.2) is 22.6 Å². The van der Waals surface area contributed by atoms with Gasteiger partial charge in [0.15, 0.2) is 0 Å². The van der Waals surface area contributed by atoms with Gasteiger partial charge in [0.05, 0.1) is 5.56 Å². The van der Waals surface area contributed by atoms with E-state index >= 15 is 0 Å². The Morgan fingerprint density at radius 1 is 1.35 bits per heavy atom. The topological polar surface area (TPSA) is 86.0 Å². The number of carboxylic acid groups (broad SMARTS) is 1. The van der Waals surface area contributed by atoms with Crippen molar-refractivity contribution in [3.8, 4) is 6.07 Å². The molecule has 0 saturated carbocycles. The molecule has 0 radical (unpaired) electrons. The number of rotatable bonds is 8. The highest BCUT2D eigenvalue weighted by Gasteiger charge is 2.07. The van der Waals surface area contributed by atoms with Crippen molar-refractivity contribution in [2.75, 3.05) is 11.9 Å². The number of pyridine rings is 1. The Labute approximate surface area is 119 Å². The molecular weight excluding hydrogens is 254 g/mol. The molecule has 108 valence electrons. The minimum atomic E-state index is -0.735. The Balaban J connectivity index is 2.36. The number of nitrogens with zero attached hydrogens (tertiary/aromatic N) is 2. The van der Waals surface area contributed by atoms with Crippen LogP contribution in [0.25, 0.3) is 0 Å². The molecule has 0 fully saturated rings. The van der Waals surface area contributed by atoms with E-state index in [9.17, 15) is 4.79 Å². The lowest BCUT2D eigenvalue weighted by atomic mass is 10.1. The number of unbranched alkanes of at least 4 members (excludes halogenated alkanes) is 3. The second-order valence-electron chi connectivity index (χ2n) is 4.90. The molecule has 0 bridgehead atoms. The summed E-state index contributed by atoms with van der Waals surface area (Å²) in [6, 6.07) is 4.07. The monoisotopic (exact) mass is 275 g/mol. The average Bonchev–Trinajstić information content (AvgIpc) is 2.36. The number of aromatic nitrogens is 1. The fourth-order valence-electron chi connectivity index (χ4n) is 2.07. The van der Waals surface area contributed by atoms with Crippen LogP contribution < -0.4 is 5.32 Å². The maximum atomic E-state index is 10.4. The fraction of sp³-hybridized carbons (Fsp3) is 0.533. The summed E-state index contributed by atoms with van der Waals surface area (Å²) in [5.41, 5.74) is 2.43. The van der Waals surface area contributed by atoms with Gasteiger partial charge in [0.1, 0.15) is 11.9 Å². The van der Waals surface area contributed by atoms with E-state index < -0.39 is 5.97 Å². The van der Waals surface area contributed by atoms with E-state index in [1.807, 2.05) is 19.9 Å². The Morgan fingerprint density at radius 2 is 2.05 bits per heavy atom. The fourth-order valence-corrected chi connectivity index (χ4v) is 2.07. The van der Waals surface area contributed by atoms with E-state index in [4.69, 9.17) is 10.4 Å². The van der Waals surface area contributed by atoms with Crippen LogP contribution in [0, 0.1) is 25.2 Å². The zero-order valence-corrected chi connectivity index (χ0v) is 12.1. The molecule has 0 aliphatic heterocycles. The van der Waals surface area contributed by atoms with Crippen molar-refractivity contribution < 1.29 is 9.90 Å². The van der Waals surface area contributed by atoms with Crippen LogP contribution in [0.5, 0.6) is 0 Å². The van der Waals surface area contributed by atoms with E-state index in [1.54, 1.807) is 0 Å². The van der Waals surface area contributed by atoms with Crippen LogP contribution in [0.15, 0.2) is 6.07 Å². The van der Waals surface area contributed by atoms with E-state index in [2.05, 4.69) is 16.4 Å². The van der Waals surface area contributed by atoms with Gasteiger partial charge >= 0.3 is 5.97 Å². The molecule has 0 aliphatic rings. The summed E-state index contributed by atoms with van der Waals surface area (Å²) in [4.78, 5) is 14.7. The summed E-state index contributed by atoms with van der Waals surface area (Å²) in [6.07, 6.45) is 3.80. The summed E-state index contributed by atoms with van der Waals surface area (Å²) in [5.74, 6) is -0.0863. The van der Waals surface area contributed by atoms with Crippen molar-refractivity contribution in [1.82, 2.24) is 4.98 Å². The van der Waals surface area contributed by atoms with Crippen LogP contribution in [-0.2, 0) is 4.79 Å². The average molecular weight is 275 g/mol. The lowest BCUT2D eigenvalue weighted by molar-refractivity contribution is -0.137. The van der Waals surface area contributed by atoms with Crippen molar-refractivity contribution in [2.45, 2.75) is 46.0 Å². The highest BCUT2D eigenvalue weighted by atomic mass is 16.4. The predicted octanol–water partition coefficient (Wildman–Crippen LogP) is 3.02. The normalized spacial score (nSPS) is 10.1. The molecule has 1 rings (SSSR count). The molecule has 0 amide bonds. The largest absolute Gasteiger partial charge is 0.481 e. The highest BCUT2D eigenvalue weighted by molar-refractivity contribution is 5.66. The summed E-state index contributed by atoms with van der Waals surface area (Å²) >= 11 is 0. The molecule has 5 heteroatoms. The Morgan fingerprint density at radius 3 is 2.70 bits per heavy atom. The van der Waals surface area contributed by atoms with E-state index in [1.165, 1.54) is 0 Å². The predicted molar refractivity (Wildman–Crippen MR) is 77.6 cm³/mol. The van der Waals surface area contributed by atoms with Crippen molar-refractivity contribution in [1.29, 1.82) is 5.26 Å². The van der Waals surface area contributed by atoms with Gasteiger partial charge in [-0.15, -0.1) is 0 Å². The Bertz CT molecular complexity index is 507. The van der Waals surface area contributed by atoms with Gasteiger partial charge in [-0.05, 0) is 38.3 Å². The summed E-state index contributed by atoms with van der Waals surface area (Å²) < 4.78 is 0. The van der Waals surface area contributed by atoms with Gasteiger partial charge in [-0.2, -0.15) is 5.26 Å². The molecule has 0 aliphatic carbocycles. The molecule has 1 heterocycles. The van der Waals surface area contributed by atoms with Crippen molar-refractivity contribution in [3.05, 3.63) is 22.9 Å². The van der Waals surface area contributed by atoms with Crippen molar-refractivity contribution in [2.24, 2.45) is 0 Å². The SMILES string of the molecule is Cc1cc(C)c(C#N)c(NCCCCCCC(=O)O)n1. The molecule has 0 spiro atoms. The number of nitrogens with one attached hydrogen (secondary N) is 1. The third-order valence-electron chi connectivity index (χ3n) is 3.07. The highest BCUT2D eigenvalue weighted by Crippen LogP contribution is 2.17. The lowest BCUT2D eigenvalue weighted by Crippen LogP contribution is -2.07. The number of hydrogen-bond acceptors (Lipinski definition) is 4. The smallest absolute Gasteiger partial charge is 0.303 e. The number of aryl methyl sites for hydroxylation is 2. The molecule has 0 unspecified atom stereocenters. The van der Waals surface area contributed by atoms with Gasteiger partial charge in [0, 0.05) is 18.7 Å². The van der Waals surface area contributed by atoms with Gasteiger partial charge in [-0.3, -0.25) is 4.79 Å².